The second-order valence-electron chi connectivity index (χ2n) is 10.6. The number of carbonyl (C=O) groups is 4. The highest BCUT2D eigenvalue weighted by Gasteiger charge is 2.57. The van der Waals surface area contributed by atoms with Gasteiger partial charge in [0, 0.05) is 27.1 Å². The van der Waals surface area contributed by atoms with E-state index in [1.165, 1.54) is 48.5 Å². The van der Waals surface area contributed by atoms with Crippen LogP contribution in [-0.4, -0.2) is 47.1 Å². The number of thioether (sulfide) groups is 1. The van der Waals surface area contributed by atoms with E-state index < -0.39 is 64.0 Å². The van der Waals surface area contributed by atoms with Gasteiger partial charge in [-0.15, -0.1) is 0 Å². The molecule has 2 N–H and O–H groups in total. The molecule has 0 radical (unpaired) electrons. The molecule has 1 fully saturated rings. The molecule has 0 bridgehead atoms. The van der Waals surface area contributed by atoms with Crippen LogP contribution in [0, 0.1) is 5.92 Å². The van der Waals surface area contributed by atoms with Crippen molar-refractivity contribution < 1.29 is 41.8 Å². The molecule has 0 spiro atoms. The van der Waals surface area contributed by atoms with Crippen LogP contribution in [0.2, 0.25) is 5.02 Å². The number of benzene rings is 3. The fourth-order valence-corrected chi connectivity index (χ4v) is 8.25. The predicted molar refractivity (Wildman–Crippen MR) is 172 cm³/mol. The van der Waals surface area contributed by atoms with Crippen LogP contribution in [-0.2, 0) is 25.3 Å². The molecule has 2 aliphatic rings. The summed E-state index contributed by atoms with van der Waals surface area (Å²) in [4.78, 5) is 68.4. The standard InChI is InChI=1S/C32H23ClF3N3O7S2/c1-2-45-30(43)15-6-9-18(10-7-15)37-22(40)14-46-21-11-8-17(33)13-20(21)23-24-26(47-27-25(23)48-31(44)38-27)29(42)39(28(24)41)19-5-3-4-16(12-19)32(34,35)36/h3-13,23-24,26H,2,14H2,1H3,(H,37,40)(H,38,44). The van der Waals surface area contributed by atoms with E-state index in [0.29, 0.717) is 26.7 Å². The summed E-state index contributed by atoms with van der Waals surface area (Å²) in [6.45, 7) is 1.40. The van der Waals surface area contributed by atoms with Crippen molar-refractivity contribution in [2.45, 2.75) is 29.3 Å². The van der Waals surface area contributed by atoms with Gasteiger partial charge in [-0.2, -0.15) is 13.2 Å². The van der Waals surface area contributed by atoms with Crippen LogP contribution in [0.4, 0.5) is 24.5 Å². The molecule has 4 aromatic rings. The number of hydrogen-bond donors (Lipinski definition) is 2. The minimum atomic E-state index is -4.71. The molecule has 3 heterocycles. The zero-order valence-electron chi connectivity index (χ0n) is 24.6. The first kappa shape index (κ1) is 33.3. The van der Waals surface area contributed by atoms with E-state index in [4.69, 9.17) is 21.1 Å². The molecule has 3 unspecified atom stereocenters. The lowest BCUT2D eigenvalue weighted by molar-refractivity contribution is -0.137. The van der Waals surface area contributed by atoms with Crippen molar-refractivity contribution in [3.05, 3.63) is 103 Å². The van der Waals surface area contributed by atoms with Crippen LogP contribution >= 0.6 is 34.7 Å². The second-order valence-corrected chi connectivity index (χ2v) is 13.2. The van der Waals surface area contributed by atoms with E-state index in [1.54, 1.807) is 6.92 Å². The van der Waals surface area contributed by atoms with Crippen LogP contribution in [0.3, 0.4) is 0 Å². The fraction of sp³-hybridized carbons (Fsp3) is 0.219. The Hall–Kier alpha value is -4.60. The Kier molecular flexibility index (Phi) is 9.11. The number of esters is 1. The van der Waals surface area contributed by atoms with E-state index in [2.05, 4.69) is 10.3 Å². The summed E-state index contributed by atoms with van der Waals surface area (Å²) in [6.07, 6.45) is -4.71. The minimum Gasteiger partial charge on any atom is -0.483 e. The predicted octanol–water partition coefficient (Wildman–Crippen LogP) is 6.10. The number of amides is 3. The lowest BCUT2D eigenvalue weighted by Gasteiger charge is -2.31. The Morgan fingerprint density at radius 1 is 1.02 bits per heavy atom. The number of H-pyrrole nitrogens is 1. The average Bonchev–Trinajstić information content (AvgIpc) is 3.54. The number of ether oxygens (including phenoxy) is 2. The minimum absolute atomic E-state index is 0.132. The molecule has 3 amide bonds. The normalized spacial score (nSPS) is 18.7. The van der Waals surface area contributed by atoms with Gasteiger partial charge >= 0.3 is 17.0 Å². The van der Waals surface area contributed by atoms with Gasteiger partial charge < -0.3 is 19.8 Å². The third-order valence-corrected chi connectivity index (χ3v) is 10.2. The summed E-state index contributed by atoms with van der Waals surface area (Å²) in [5.74, 6) is -4.57. The number of nitrogens with zero attached hydrogens (tertiary/aromatic N) is 1. The quantitative estimate of drug-likeness (QED) is 0.165. The highest BCUT2D eigenvalue weighted by molar-refractivity contribution is 8.00. The Morgan fingerprint density at radius 2 is 1.77 bits per heavy atom. The van der Waals surface area contributed by atoms with Crippen LogP contribution < -0.4 is 19.8 Å². The van der Waals surface area contributed by atoms with Crippen molar-refractivity contribution >= 4 is 69.8 Å². The average molecular weight is 718 g/mol. The van der Waals surface area contributed by atoms with E-state index >= 15 is 0 Å². The van der Waals surface area contributed by atoms with E-state index in [0.717, 1.165) is 46.2 Å². The van der Waals surface area contributed by atoms with Gasteiger partial charge in [-0.05, 0) is 67.6 Å². The SMILES string of the molecule is CCOC(=O)c1ccc(NC(=O)COc2ccc(Cl)cc2C2c3sc(=O)[nH]c3SC3C(=O)N(c4cccc(C(F)(F)F)c4)C(=O)C32)cc1. The van der Waals surface area contributed by atoms with Crippen LogP contribution in [0.25, 0.3) is 0 Å². The Labute approximate surface area is 283 Å². The number of imide groups is 1. The van der Waals surface area contributed by atoms with Crippen molar-refractivity contribution in [3.8, 4) is 5.75 Å². The van der Waals surface area contributed by atoms with Crippen molar-refractivity contribution in [1.29, 1.82) is 0 Å². The third kappa shape index (κ3) is 6.44. The number of rotatable bonds is 8. The van der Waals surface area contributed by atoms with Crippen LogP contribution in [0.15, 0.2) is 76.6 Å². The highest BCUT2D eigenvalue weighted by atomic mass is 35.5. The third-order valence-electron chi connectivity index (χ3n) is 7.60. The van der Waals surface area contributed by atoms with Gasteiger partial charge in [0.2, 0.25) is 11.8 Å². The zero-order chi connectivity index (χ0) is 34.3. The molecule has 248 valence electrons. The van der Waals surface area contributed by atoms with Crippen molar-refractivity contribution in [1.82, 2.24) is 4.98 Å². The molecule has 10 nitrogen and oxygen atoms in total. The maximum atomic E-state index is 14.0. The first-order valence-corrected chi connectivity index (χ1v) is 16.4. The molecule has 0 saturated carbocycles. The molecular weight excluding hydrogens is 695 g/mol. The molecule has 48 heavy (non-hydrogen) atoms. The molecule has 3 atom stereocenters. The first-order valence-electron chi connectivity index (χ1n) is 14.3. The molecule has 6 rings (SSSR count). The Balaban J connectivity index is 1.30. The van der Waals surface area contributed by atoms with Gasteiger partial charge in [0.25, 0.3) is 5.91 Å². The number of hydrogen-bond acceptors (Lipinski definition) is 9. The number of aromatic amines is 1. The number of aromatic nitrogens is 1. The smallest absolute Gasteiger partial charge is 0.416 e. The molecule has 2 aliphatic heterocycles. The first-order chi connectivity index (χ1) is 22.8. The molecule has 3 aromatic carbocycles. The van der Waals surface area contributed by atoms with Crippen molar-refractivity contribution in [2.24, 2.45) is 5.92 Å². The topological polar surface area (TPSA) is 135 Å². The molecule has 0 aliphatic carbocycles. The number of thiazole rings is 1. The fourth-order valence-electron chi connectivity index (χ4n) is 5.57. The second kappa shape index (κ2) is 13.1. The van der Waals surface area contributed by atoms with Gasteiger partial charge in [-0.1, -0.05) is 40.8 Å². The monoisotopic (exact) mass is 717 g/mol. The van der Waals surface area contributed by atoms with Gasteiger partial charge in [0.1, 0.15) is 11.0 Å². The number of fused-ring (bicyclic) bond motifs is 2. The highest BCUT2D eigenvalue weighted by Crippen LogP contribution is 2.55. The Bertz CT molecular complexity index is 2000. The number of alkyl halides is 3. The maximum absolute atomic E-state index is 14.0. The largest absolute Gasteiger partial charge is 0.483 e. The van der Waals surface area contributed by atoms with E-state index in [1.807, 2.05) is 0 Å². The van der Waals surface area contributed by atoms with E-state index in [9.17, 15) is 37.1 Å². The van der Waals surface area contributed by atoms with Gasteiger partial charge in [0.15, 0.2) is 6.61 Å². The summed E-state index contributed by atoms with van der Waals surface area (Å²) in [7, 11) is 0. The van der Waals surface area contributed by atoms with Crippen LogP contribution in [0.5, 0.6) is 5.75 Å². The number of nitrogens with one attached hydrogen (secondary N) is 2. The maximum Gasteiger partial charge on any atom is 0.416 e. The zero-order valence-corrected chi connectivity index (χ0v) is 27.0. The number of halogens is 4. The van der Waals surface area contributed by atoms with Gasteiger partial charge in [-0.3, -0.25) is 19.2 Å². The summed E-state index contributed by atoms with van der Waals surface area (Å²) in [6, 6.07) is 14.4. The van der Waals surface area contributed by atoms with E-state index in [-0.39, 0.29) is 23.1 Å². The molecular formula is C32H23ClF3N3O7S2. The van der Waals surface area contributed by atoms with Gasteiger partial charge in [-0.25, -0.2) is 9.69 Å². The molecule has 1 saturated heterocycles. The Morgan fingerprint density at radius 3 is 2.48 bits per heavy atom. The van der Waals surface area contributed by atoms with Gasteiger partial charge in [0.05, 0.1) is 34.4 Å². The lowest BCUT2D eigenvalue weighted by atomic mass is 9.82. The van der Waals surface area contributed by atoms with Crippen molar-refractivity contribution in [3.63, 3.8) is 0 Å². The summed E-state index contributed by atoms with van der Waals surface area (Å²) in [5, 5.41) is 2.12. The molecule has 1 aromatic heterocycles. The lowest BCUT2D eigenvalue weighted by Crippen LogP contribution is -2.32. The van der Waals surface area contributed by atoms with Crippen molar-refractivity contribution in [2.75, 3.05) is 23.4 Å². The number of anilines is 2. The van der Waals surface area contributed by atoms with Crippen LogP contribution in [0.1, 0.15) is 39.2 Å². The molecule has 16 heteroatoms. The summed E-state index contributed by atoms with van der Waals surface area (Å²) < 4.78 is 51.4. The summed E-state index contributed by atoms with van der Waals surface area (Å²) >= 11 is 8.15. The number of carbonyl (C=O) groups excluding carboxylic acids is 4. The summed E-state index contributed by atoms with van der Waals surface area (Å²) in [5.41, 5.74) is -0.278.